The molecule has 3 aromatic rings. The highest BCUT2D eigenvalue weighted by Crippen LogP contribution is 2.22. The summed E-state index contributed by atoms with van der Waals surface area (Å²) in [4.78, 5) is 22.7. The number of nitrogens with zero attached hydrogens (tertiary/aromatic N) is 3. The number of nitro benzene ring substituents is 1. The van der Waals surface area contributed by atoms with Gasteiger partial charge in [-0.3, -0.25) is 14.9 Å². The summed E-state index contributed by atoms with van der Waals surface area (Å²) in [5.41, 5.74) is 1.47. The van der Waals surface area contributed by atoms with Gasteiger partial charge in [-0.15, -0.1) is 0 Å². The summed E-state index contributed by atoms with van der Waals surface area (Å²) < 4.78 is 1.19. The van der Waals surface area contributed by atoms with Crippen LogP contribution in [0.2, 0.25) is 5.02 Å². The number of carbonyl (C=O) groups is 1. The third kappa shape index (κ3) is 3.12. The molecule has 0 amide bonds. The van der Waals surface area contributed by atoms with Crippen molar-refractivity contribution in [1.82, 2.24) is 9.78 Å². The fourth-order valence-corrected chi connectivity index (χ4v) is 2.22. The van der Waals surface area contributed by atoms with Crippen LogP contribution < -0.4 is 0 Å². The van der Waals surface area contributed by atoms with Gasteiger partial charge in [-0.1, -0.05) is 23.7 Å². The Labute approximate surface area is 136 Å². The van der Waals surface area contributed by atoms with Crippen molar-refractivity contribution < 1.29 is 9.72 Å². The van der Waals surface area contributed by atoms with E-state index in [9.17, 15) is 14.9 Å². The van der Waals surface area contributed by atoms with Crippen LogP contribution in [0, 0.1) is 10.1 Å². The van der Waals surface area contributed by atoms with Crippen LogP contribution in [0.3, 0.4) is 0 Å². The Morgan fingerprint density at radius 2 is 1.87 bits per heavy atom. The number of nitro groups is 1. The molecule has 0 fully saturated rings. The van der Waals surface area contributed by atoms with Crippen LogP contribution in [0.1, 0.15) is 10.4 Å². The van der Waals surface area contributed by atoms with E-state index in [0.29, 0.717) is 21.8 Å². The van der Waals surface area contributed by atoms with E-state index in [1.807, 2.05) is 0 Å². The normalized spacial score (nSPS) is 10.5. The van der Waals surface area contributed by atoms with Crippen molar-refractivity contribution >= 4 is 23.2 Å². The largest absolute Gasteiger partial charge is 0.278 e. The summed E-state index contributed by atoms with van der Waals surface area (Å²) in [7, 11) is 0. The molecular weight excluding hydrogens is 318 g/mol. The first-order chi connectivity index (χ1) is 11.0. The lowest BCUT2D eigenvalue weighted by Crippen LogP contribution is -2.12. The second kappa shape index (κ2) is 6.02. The predicted octanol–water partition coefficient (Wildman–Crippen LogP) is 3.80. The monoisotopic (exact) mass is 327 g/mol. The number of hydrogen-bond acceptors (Lipinski definition) is 4. The minimum atomic E-state index is -0.473. The fourth-order valence-electron chi connectivity index (χ4n) is 2.09. The van der Waals surface area contributed by atoms with Crippen LogP contribution in [-0.4, -0.2) is 20.6 Å². The predicted molar refractivity (Wildman–Crippen MR) is 85.5 cm³/mol. The second-order valence-corrected chi connectivity index (χ2v) is 5.20. The standard InChI is InChI=1S/C16H10ClN3O3/c17-13-6-4-11(5-7-13)16(21)19-9-8-15(18-19)12-2-1-3-14(10-12)20(22)23/h1-10H. The van der Waals surface area contributed by atoms with E-state index >= 15 is 0 Å². The Morgan fingerprint density at radius 1 is 1.13 bits per heavy atom. The quantitative estimate of drug-likeness (QED) is 0.541. The molecule has 1 heterocycles. The van der Waals surface area contributed by atoms with Crippen LogP contribution in [0.5, 0.6) is 0 Å². The first kappa shape index (κ1) is 14.9. The first-order valence-corrected chi connectivity index (χ1v) is 7.03. The maximum atomic E-state index is 12.3. The molecule has 114 valence electrons. The Morgan fingerprint density at radius 3 is 2.57 bits per heavy atom. The van der Waals surface area contributed by atoms with Gasteiger partial charge >= 0.3 is 0 Å². The Hall–Kier alpha value is -2.99. The van der Waals surface area contributed by atoms with Gasteiger partial charge in [-0.2, -0.15) is 5.10 Å². The van der Waals surface area contributed by atoms with E-state index in [0.717, 1.165) is 0 Å². The van der Waals surface area contributed by atoms with Crippen molar-refractivity contribution in [3.63, 3.8) is 0 Å². The number of rotatable bonds is 3. The minimum absolute atomic E-state index is 0.0268. The van der Waals surface area contributed by atoms with Gasteiger partial charge in [0.1, 0.15) is 0 Å². The van der Waals surface area contributed by atoms with Crippen LogP contribution in [-0.2, 0) is 0 Å². The molecule has 7 heteroatoms. The van der Waals surface area contributed by atoms with Crippen LogP contribution in [0.15, 0.2) is 60.8 Å². The summed E-state index contributed by atoms with van der Waals surface area (Å²) in [6.07, 6.45) is 1.52. The molecule has 0 N–H and O–H groups in total. The summed E-state index contributed by atoms with van der Waals surface area (Å²) in [6, 6.07) is 14.2. The number of carbonyl (C=O) groups excluding carboxylic acids is 1. The highest BCUT2D eigenvalue weighted by molar-refractivity contribution is 6.30. The molecule has 0 spiro atoms. The lowest BCUT2D eigenvalue weighted by atomic mass is 10.1. The van der Waals surface area contributed by atoms with Crippen LogP contribution >= 0.6 is 11.6 Å². The van der Waals surface area contributed by atoms with Crippen molar-refractivity contribution in [3.05, 3.63) is 81.5 Å². The van der Waals surface area contributed by atoms with Crippen molar-refractivity contribution in [3.8, 4) is 11.3 Å². The summed E-state index contributed by atoms with van der Waals surface area (Å²) >= 11 is 5.80. The average Bonchev–Trinajstić information content (AvgIpc) is 3.05. The van der Waals surface area contributed by atoms with Gasteiger partial charge in [-0.25, -0.2) is 4.68 Å². The molecular formula is C16H10ClN3O3. The molecule has 0 atom stereocenters. The average molecular weight is 328 g/mol. The second-order valence-electron chi connectivity index (χ2n) is 4.77. The molecule has 2 aromatic carbocycles. The fraction of sp³-hybridized carbons (Fsp3) is 0. The van der Waals surface area contributed by atoms with Crippen molar-refractivity contribution in [2.75, 3.05) is 0 Å². The van der Waals surface area contributed by atoms with E-state index in [1.165, 1.54) is 23.0 Å². The van der Waals surface area contributed by atoms with Crippen molar-refractivity contribution in [2.24, 2.45) is 0 Å². The Balaban J connectivity index is 1.91. The van der Waals surface area contributed by atoms with Gasteiger partial charge in [0.25, 0.3) is 11.6 Å². The summed E-state index contributed by atoms with van der Waals surface area (Å²) in [5.74, 6) is -0.307. The molecule has 3 rings (SSSR count). The Kier molecular flexibility index (Phi) is 3.91. The smallest absolute Gasteiger partial charge is 0.267 e. The molecule has 0 saturated heterocycles. The van der Waals surface area contributed by atoms with Crippen LogP contribution in [0.4, 0.5) is 5.69 Å². The molecule has 1 aromatic heterocycles. The highest BCUT2D eigenvalue weighted by Gasteiger charge is 2.13. The van der Waals surface area contributed by atoms with Crippen LogP contribution in [0.25, 0.3) is 11.3 Å². The van der Waals surface area contributed by atoms with Gasteiger partial charge in [0.2, 0.25) is 0 Å². The zero-order valence-electron chi connectivity index (χ0n) is 11.7. The molecule has 0 saturated carbocycles. The minimum Gasteiger partial charge on any atom is -0.267 e. The summed E-state index contributed by atoms with van der Waals surface area (Å²) in [5, 5.41) is 15.6. The van der Waals surface area contributed by atoms with Gasteiger partial charge in [0.05, 0.1) is 10.6 Å². The van der Waals surface area contributed by atoms with Crippen molar-refractivity contribution in [1.29, 1.82) is 0 Å². The summed E-state index contributed by atoms with van der Waals surface area (Å²) in [6.45, 7) is 0. The first-order valence-electron chi connectivity index (χ1n) is 6.65. The topological polar surface area (TPSA) is 78.0 Å². The van der Waals surface area contributed by atoms with E-state index in [2.05, 4.69) is 5.10 Å². The van der Waals surface area contributed by atoms with E-state index in [-0.39, 0.29) is 11.6 Å². The van der Waals surface area contributed by atoms with E-state index in [4.69, 9.17) is 11.6 Å². The molecule has 23 heavy (non-hydrogen) atoms. The third-order valence-corrected chi connectivity index (χ3v) is 3.49. The molecule has 0 bridgehead atoms. The van der Waals surface area contributed by atoms with E-state index in [1.54, 1.807) is 42.5 Å². The number of hydrogen-bond donors (Lipinski definition) is 0. The van der Waals surface area contributed by atoms with Gasteiger partial charge in [0.15, 0.2) is 0 Å². The van der Waals surface area contributed by atoms with Crippen molar-refractivity contribution in [2.45, 2.75) is 0 Å². The molecule has 0 radical (unpaired) electrons. The molecule has 0 aliphatic carbocycles. The lowest BCUT2D eigenvalue weighted by Gasteiger charge is -2.01. The zero-order valence-corrected chi connectivity index (χ0v) is 12.5. The van der Waals surface area contributed by atoms with Gasteiger partial charge in [-0.05, 0) is 30.3 Å². The maximum Gasteiger partial charge on any atom is 0.278 e. The molecule has 0 aliphatic rings. The third-order valence-electron chi connectivity index (χ3n) is 3.24. The van der Waals surface area contributed by atoms with Gasteiger partial charge < -0.3 is 0 Å². The van der Waals surface area contributed by atoms with E-state index < -0.39 is 4.92 Å². The highest BCUT2D eigenvalue weighted by atomic mass is 35.5. The number of benzene rings is 2. The zero-order chi connectivity index (χ0) is 16.4. The maximum absolute atomic E-state index is 12.3. The number of aromatic nitrogens is 2. The van der Waals surface area contributed by atoms with Gasteiger partial charge in [0, 0.05) is 34.5 Å². The SMILES string of the molecule is O=C(c1ccc(Cl)cc1)n1ccc(-c2cccc([N+](=O)[O-])c2)n1. The number of non-ortho nitro benzene ring substituents is 1. The molecule has 0 unspecified atom stereocenters. The lowest BCUT2D eigenvalue weighted by molar-refractivity contribution is -0.384. The Bertz CT molecular complexity index is 888. The molecule has 6 nitrogen and oxygen atoms in total. The number of halogens is 1. The molecule has 0 aliphatic heterocycles.